The number of hydrogen-bond donors (Lipinski definition) is 1. The van der Waals surface area contributed by atoms with E-state index in [0.29, 0.717) is 0 Å². The van der Waals surface area contributed by atoms with Crippen LogP contribution in [0.4, 0.5) is 22.0 Å². The van der Waals surface area contributed by atoms with Crippen LogP contribution < -0.4 is 5.32 Å². The van der Waals surface area contributed by atoms with Gasteiger partial charge in [-0.25, -0.2) is 8.78 Å². The minimum atomic E-state index is -4.53. The van der Waals surface area contributed by atoms with E-state index in [-0.39, 0.29) is 43.7 Å². The number of carbonyl (C=O) groups excluding carboxylic acids is 1. The summed E-state index contributed by atoms with van der Waals surface area (Å²) >= 11 is 0. The third kappa shape index (κ3) is 6.17. The van der Waals surface area contributed by atoms with Gasteiger partial charge in [-0.05, 0) is 44.5 Å². The normalized spacial score (nSPS) is 26.7. The van der Waals surface area contributed by atoms with Crippen molar-refractivity contribution in [3.05, 3.63) is 70.8 Å². The summed E-state index contributed by atoms with van der Waals surface area (Å²) in [6.45, 7) is 4.82. The molecule has 2 aliphatic rings. The number of alkyl halides is 3. The molecule has 4 atom stereocenters. The zero-order valence-corrected chi connectivity index (χ0v) is 21.2. The van der Waals surface area contributed by atoms with E-state index in [9.17, 15) is 26.7 Å². The molecule has 6 nitrogen and oxygen atoms in total. The smallest absolute Gasteiger partial charge is 0.370 e. The first-order valence-electron chi connectivity index (χ1n) is 12.3. The van der Waals surface area contributed by atoms with Crippen LogP contribution in [-0.2, 0) is 43.1 Å². The molecule has 1 aliphatic carbocycles. The number of ether oxygens (including phenoxy) is 4. The van der Waals surface area contributed by atoms with Crippen molar-refractivity contribution in [1.29, 1.82) is 0 Å². The second-order valence-electron chi connectivity index (χ2n) is 9.95. The molecule has 0 radical (unpaired) electrons. The van der Waals surface area contributed by atoms with Gasteiger partial charge >= 0.3 is 6.18 Å². The first-order valence-corrected chi connectivity index (χ1v) is 12.3. The Morgan fingerprint density at radius 1 is 1.08 bits per heavy atom. The summed E-state index contributed by atoms with van der Waals surface area (Å²) in [5.74, 6) is -3.56. The molecule has 4 rings (SSSR count). The molecule has 1 amide bonds. The molecule has 11 heteroatoms. The highest BCUT2D eigenvalue weighted by atomic mass is 19.4. The van der Waals surface area contributed by atoms with Crippen LogP contribution >= 0.6 is 0 Å². The fraction of sp³-hybridized carbons (Fsp3) is 0.519. The number of carbonyl (C=O) groups is 1. The van der Waals surface area contributed by atoms with Crippen LogP contribution in [-0.4, -0.2) is 42.2 Å². The minimum Gasteiger partial charge on any atom is -0.370 e. The van der Waals surface area contributed by atoms with Gasteiger partial charge in [-0.15, -0.1) is 0 Å². The van der Waals surface area contributed by atoms with E-state index in [2.05, 4.69) is 5.32 Å². The maximum Gasteiger partial charge on any atom is 0.416 e. The van der Waals surface area contributed by atoms with Gasteiger partial charge < -0.3 is 24.3 Å². The largest absolute Gasteiger partial charge is 0.416 e. The number of nitrogens with one attached hydrogen (secondary N) is 1. The molecular formula is C27H30F5NO5. The molecular weight excluding hydrogens is 513 g/mol. The van der Waals surface area contributed by atoms with E-state index in [1.807, 2.05) is 0 Å². The summed E-state index contributed by atoms with van der Waals surface area (Å²) < 4.78 is 91.8. The monoisotopic (exact) mass is 543 g/mol. The third-order valence-corrected chi connectivity index (χ3v) is 6.65. The molecule has 38 heavy (non-hydrogen) atoms. The number of hydrogen-bond acceptors (Lipinski definition) is 5. The second-order valence-corrected chi connectivity index (χ2v) is 9.95. The summed E-state index contributed by atoms with van der Waals surface area (Å²) in [5, 5.41) is 2.73. The zero-order valence-electron chi connectivity index (χ0n) is 21.2. The van der Waals surface area contributed by atoms with E-state index in [4.69, 9.17) is 18.9 Å². The number of benzene rings is 2. The summed E-state index contributed by atoms with van der Waals surface area (Å²) in [7, 11) is 0. The fourth-order valence-electron chi connectivity index (χ4n) is 4.95. The van der Waals surface area contributed by atoms with Crippen molar-refractivity contribution in [2.24, 2.45) is 0 Å². The molecule has 1 heterocycles. The molecule has 0 spiro atoms. The third-order valence-electron chi connectivity index (χ3n) is 6.65. The lowest BCUT2D eigenvalue weighted by atomic mass is 9.78. The Kier molecular flexibility index (Phi) is 8.13. The van der Waals surface area contributed by atoms with Gasteiger partial charge in [0.15, 0.2) is 23.0 Å². The molecule has 1 aliphatic heterocycles. The predicted molar refractivity (Wildman–Crippen MR) is 126 cm³/mol. The van der Waals surface area contributed by atoms with Gasteiger partial charge in [0, 0.05) is 24.9 Å². The van der Waals surface area contributed by atoms with Crippen LogP contribution in [0.2, 0.25) is 0 Å². The van der Waals surface area contributed by atoms with Crippen LogP contribution in [0.15, 0.2) is 42.5 Å². The average Bonchev–Trinajstić information content (AvgIpc) is 3.17. The van der Waals surface area contributed by atoms with Crippen molar-refractivity contribution in [2.75, 3.05) is 6.54 Å². The molecule has 0 unspecified atom stereocenters. The summed E-state index contributed by atoms with van der Waals surface area (Å²) in [6, 6.07) is 8.41. The fourth-order valence-corrected chi connectivity index (χ4v) is 4.95. The molecule has 2 fully saturated rings. The van der Waals surface area contributed by atoms with Gasteiger partial charge in [0.25, 0.3) is 5.91 Å². The molecule has 0 bridgehead atoms. The zero-order chi connectivity index (χ0) is 27.7. The molecule has 2 aromatic rings. The van der Waals surface area contributed by atoms with E-state index in [0.717, 1.165) is 18.2 Å². The lowest BCUT2D eigenvalue weighted by Gasteiger charge is -2.43. The predicted octanol–water partition coefficient (Wildman–Crippen LogP) is 5.27. The van der Waals surface area contributed by atoms with Crippen LogP contribution in [0.25, 0.3) is 0 Å². The topological polar surface area (TPSA) is 66.0 Å². The Morgan fingerprint density at radius 3 is 2.53 bits per heavy atom. The molecule has 208 valence electrons. The number of fused-ring (bicyclic) bond motifs is 1. The van der Waals surface area contributed by atoms with Crippen molar-refractivity contribution >= 4 is 5.91 Å². The first kappa shape index (κ1) is 28.4. The Labute approximate surface area is 217 Å². The quantitative estimate of drug-likeness (QED) is 0.460. The van der Waals surface area contributed by atoms with E-state index in [1.54, 1.807) is 20.8 Å². The van der Waals surface area contributed by atoms with Gasteiger partial charge in [-0.2, -0.15) is 13.2 Å². The summed E-state index contributed by atoms with van der Waals surface area (Å²) in [6.07, 6.45) is -6.65. The number of amides is 1. The van der Waals surface area contributed by atoms with Crippen LogP contribution in [0.5, 0.6) is 0 Å². The van der Waals surface area contributed by atoms with Crippen molar-refractivity contribution in [2.45, 2.75) is 82.7 Å². The van der Waals surface area contributed by atoms with E-state index < -0.39 is 59.0 Å². The standard InChI is InChI=1S/C27H30F5NO5/c1-4-33-24(34)26(36-14-16-7-5-9-18(11-16)27(30,31)32)12-20(23-21(13-26)37-25(2,3)38-23)35-15-17-8-6-10-19(28)22(17)29/h5-11,20-21,23H,4,12-15H2,1-3H3,(H,33,34)/t20-,21+,23-,26+/m0/s1. The Balaban J connectivity index is 1.61. The highest BCUT2D eigenvalue weighted by molar-refractivity contribution is 5.85. The van der Waals surface area contributed by atoms with Gasteiger partial charge in [0.2, 0.25) is 0 Å². The van der Waals surface area contributed by atoms with Crippen molar-refractivity contribution in [3.63, 3.8) is 0 Å². The summed E-state index contributed by atoms with van der Waals surface area (Å²) in [4.78, 5) is 13.4. The van der Waals surface area contributed by atoms with Crippen molar-refractivity contribution in [3.8, 4) is 0 Å². The Morgan fingerprint density at radius 2 is 1.82 bits per heavy atom. The molecule has 1 saturated carbocycles. The van der Waals surface area contributed by atoms with Gasteiger partial charge in [0.05, 0.1) is 31.0 Å². The Hall–Kier alpha value is -2.60. The minimum absolute atomic E-state index is 0.0150. The first-order chi connectivity index (χ1) is 17.8. The van der Waals surface area contributed by atoms with Gasteiger partial charge in [0.1, 0.15) is 6.10 Å². The highest BCUT2D eigenvalue weighted by Crippen LogP contribution is 2.44. The lowest BCUT2D eigenvalue weighted by molar-refractivity contribution is -0.183. The van der Waals surface area contributed by atoms with Crippen LogP contribution in [0.3, 0.4) is 0 Å². The maximum absolute atomic E-state index is 14.3. The van der Waals surface area contributed by atoms with E-state index >= 15 is 0 Å². The Bertz CT molecular complexity index is 1160. The van der Waals surface area contributed by atoms with Crippen LogP contribution in [0, 0.1) is 11.6 Å². The van der Waals surface area contributed by atoms with Crippen LogP contribution in [0.1, 0.15) is 50.3 Å². The maximum atomic E-state index is 14.3. The number of halogens is 5. The molecule has 1 saturated heterocycles. The SMILES string of the molecule is CCNC(=O)[C@@]1(OCc2cccc(C(F)(F)F)c2)C[C@H](OCc2cccc(F)c2F)[C@@H]2OC(C)(C)O[C@@H]2C1. The lowest BCUT2D eigenvalue weighted by Crippen LogP contribution is -2.60. The van der Waals surface area contributed by atoms with Crippen molar-refractivity contribution in [1.82, 2.24) is 5.32 Å². The second kappa shape index (κ2) is 10.9. The number of likely N-dealkylation sites (N-methyl/N-ethyl adjacent to an activating group) is 1. The molecule has 2 aromatic carbocycles. The highest BCUT2D eigenvalue weighted by Gasteiger charge is 2.58. The van der Waals surface area contributed by atoms with Crippen molar-refractivity contribution < 1.29 is 45.7 Å². The summed E-state index contributed by atoms with van der Waals surface area (Å²) in [5.41, 5.74) is -2.16. The van der Waals surface area contributed by atoms with Gasteiger partial charge in [-0.3, -0.25) is 4.79 Å². The average molecular weight is 544 g/mol. The van der Waals surface area contributed by atoms with E-state index in [1.165, 1.54) is 24.3 Å². The number of rotatable bonds is 8. The molecule has 1 N–H and O–H groups in total. The van der Waals surface area contributed by atoms with Gasteiger partial charge in [-0.1, -0.05) is 24.3 Å². The molecule has 0 aromatic heterocycles.